The predicted octanol–water partition coefficient (Wildman–Crippen LogP) is 1.04. The molecule has 0 bridgehead atoms. The van der Waals surface area contributed by atoms with Crippen molar-refractivity contribution in [3.63, 3.8) is 0 Å². The van der Waals surface area contributed by atoms with Crippen molar-refractivity contribution in [1.82, 2.24) is 15.0 Å². The molecule has 0 aromatic carbocycles. The Morgan fingerprint density at radius 1 is 1.54 bits per heavy atom. The zero-order valence-electron chi connectivity index (χ0n) is 6.94. The molecule has 1 N–H and O–H groups in total. The smallest absolute Gasteiger partial charge is 0.192 e. The van der Waals surface area contributed by atoms with Crippen LogP contribution >= 0.6 is 11.8 Å². The van der Waals surface area contributed by atoms with Crippen LogP contribution in [0.15, 0.2) is 28.4 Å². The van der Waals surface area contributed by atoms with Crippen molar-refractivity contribution in [3.8, 4) is 0 Å². The Kier molecular flexibility index (Phi) is 2.02. The number of hydrogen-bond acceptors (Lipinski definition) is 4. The molecule has 0 saturated carbocycles. The zero-order valence-corrected chi connectivity index (χ0v) is 7.76. The Balaban J connectivity index is 2.80. The summed E-state index contributed by atoms with van der Waals surface area (Å²) in [5.74, 6) is 0. The van der Waals surface area contributed by atoms with Gasteiger partial charge in [0.2, 0.25) is 0 Å². The topological polar surface area (TPSA) is 58.6 Å². The molecule has 2 aromatic heterocycles. The van der Waals surface area contributed by atoms with E-state index < -0.39 is 0 Å². The number of pyridine rings is 1. The van der Waals surface area contributed by atoms with Gasteiger partial charge in [0.25, 0.3) is 0 Å². The molecule has 0 saturated heterocycles. The van der Waals surface area contributed by atoms with Crippen LogP contribution in [0.5, 0.6) is 0 Å². The lowest BCUT2D eigenvalue weighted by atomic mass is 10.3. The van der Waals surface area contributed by atoms with Crippen LogP contribution in [0.25, 0.3) is 11.0 Å². The average Bonchev–Trinajstić information content (AvgIpc) is 2.18. The van der Waals surface area contributed by atoms with E-state index in [1.54, 1.807) is 12.4 Å². The van der Waals surface area contributed by atoms with Crippen LogP contribution in [0.4, 0.5) is 0 Å². The minimum Gasteiger partial charge on any atom is -0.346 e. The second-order valence-electron chi connectivity index (χ2n) is 2.46. The molecule has 0 amide bonds. The largest absolute Gasteiger partial charge is 0.346 e. The molecule has 0 fully saturated rings. The first-order valence-electron chi connectivity index (χ1n) is 3.69. The minimum atomic E-state index is -0.0543. The van der Waals surface area contributed by atoms with Crippen LogP contribution in [0, 0.1) is 0 Å². The number of thioether (sulfide) groups is 1. The van der Waals surface area contributed by atoms with Crippen molar-refractivity contribution < 1.29 is 0 Å². The maximum absolute atomic E-state index is 11.3. The molecule has 0 aliphatic heterocycles. The van der Waals surface area contributed by atoms with Gasteiger partial charge in [-0.1, -0.05) is 11.8 Å². The Hall–Kier alpha value is -1.36. The third-order valence-corrected chi connectivity index (χ3v) is 2.23. The van der Waals surface area contributed by atoms with Crippen molar-refractivity contribution >= 4 is 22.8 Å². The molecule has 13 heavy (non-hydrogen) atoms. The van der Waals surface area contributed by atoms with Crippen LogP contribution < -0.4 is 5.43 Å². The summed E-state index contributed by atoms with van der Waals surface area (Å²) < 4.78 is 0. The third kappa shape index (κ3) is 1.42. The quantitative estimate of drug-likeness (QED) is 0.543. The SMILES string of the molecule is CSc1ncc2c(=O)cc[nH]c2n1. The molecule has 2 aromatic rings. The summed E-state index contributed by atoms with van der Waals surface area (Å²) in [7, 11) is 0. The average molecular weight is 193 g/mol. The Morgan fingerprint density at radius 2 is 2.38 bits per heavy atom. The van der Waals surface area contributed by atoms with Gasteiger partial charge < -0.3 is 4.98 Å². The summed E-state index contributed by atoms with van der Waals surface area (Å²) in [6, 6.07) is 1.46. The fourth-order valence-corrected chi connectivity index (χ4v) is 1.38. The molecule has 0 aliphatic rings. The van der Waals surface area contributed by atoms with E-state index in [2.05, 4.69) is 15.0 Å². The standard InChI is InChI=1S/C8H7N3OS/c1-13-8-10-4-5-6(12)2-3-9-7(5)11-8/h2-4H,1H3,(H,9,10,11,12). The second kappa shape index (κ2) is 3.18. The number of nitrogens with one attached hydrogen (secondary N) is 1. The van der Waals surface area contributed by atoms with Crippen molar-refractivity contribution in [3.05, 3.63) is 28.7 Å². The van der Waals surface area contributed by atoms with E-state index in [1.165, 1.54) is 17.8 Å². The van der Waals surface area contributed by atoms with E-state index in [1.807, 2.05) is 6.26 Å². The summed E-state index contributed by atoms with van der Waals surface area (Å²) in [6.45, 7) is 0. The van der Waals surface area contributed by atoms with E-state index in [0.717, 1.165) is 0 Å². The van der Waals surface area contributed by atoms with Gasteiger partial charge >= 0.3 is 0 Å². The second-order valence-corrected chi connectivity index (χ2v) is 3.23. The maximum Gasteiger partial charge on any atom is 0.192 e. The van der Waals surface area contributed by atoms with Gasteiger partial charge in [0.15, 0.2) is 10.6 Å². The van der Waals surface area contributed by atoms with Crippen molar-refractivity contribution in [1.29, 1.82) is 0 Å². The molecule has 0 atom stereocenters. The molecular weight excluding hydrogens is 186 g/mol. The molecule has 0 radical (unpaired) electrons. The fourth-order valence-electron chi connectivity index (χ4n) is 1.04. The summed E-state index contributed by atoms with van der Waals surface area (Å²) in [4.78, 5) is 22.3. The zero-order chi connectivity index (χ0) is 9.26. The van der Waals surface area contributed by atoms with Crippen LogP contribution in [0.1, 0.15) is 0 Å². The molecule has 0 spiro atoms. The van der Waals surface area contributed by atoms with Crippen LogP contribution in [-0.4, -0.2) is 21.2 Å². The van der Waals surface area contributed by atoms with E-state index in [0.29, 0.717) is 16.2 Å². The number of rotatable bonds is 1. The van der Waals surface area contributed by atoms with Gasteiger partial charge in [-0.2, -0.15) is 0 Å². The van der Waals surface area contributed by atoms with Crippen molar-refractivity contribution in [2.75, 3.05) is 6.26 Å². The highest BCUT2D eigenvalue weighted by Gasteiger charge is 2.00. The molecule has 0 unspecified atom stereocenters. The van der Waals surface area contributed by atoms with Gasteiger partial charge in [-0.3, -0.25) is 4.79 Å². The highest BCUT2D eigenvalue weighted by Crippen LogP contribution is 2.09. The molecular formula is C8H7N3OS. The minimum absolute atomic E-state index is 0.0543. The molecule has 66 valence electrons. The first-order chi connectivity index (χ1) is 6.31. The van der Waals surface area contributed by atoms with E-state index in [9.17, 15) is 4.79 Å². The Bertz CT molecular complexity index is 494. The van der Waals surface area contributed by atoms with Gasteiger partial charge in [-0.05, 0) is 6.26 Å². The monoisotopic (exact) mass is 193 g/mol. The summed E-state index contributed by atoms with van der Waals surface area (Å²) in [5.41, 5.74) is 0.535. The number of hydrogen-bond donors (Lipinski definition) is 1. The number of aromatic amines is 1. The fraction of sp³-hybridized carbons (Fsp3) is 0.125. The molecule has 5 heteroatoms. The molecule has 2 heterocycles. The lowest BCUT2D eigenvalue weighted by Crippen LogP contribution is -2.02. The molecule has 0 aliphatic carbocycles. The first kappa shape index (κ1) is 8.25. The summed E-state index contributed by atoms with van der Waals surface area (Å²) in [6.07, 6.45) is 5.02. The van der Waals surface area contributed by atoms with Gasteiger partial charge in [0.1, 0.15) is 5.65 Å². The maximum atomic E-state index is 11.3. The molecule has 4 nitrogen and oxygen atoms in total. The number of fused-ring (bicyclic) bond motifs is 1. The number of H-pyrrole nitrogens is 1. The van der Waals surface area contributed by atoms with Gasteiger partial charge in [-0.25, -0.2) is 9.97 Å². The number of nitrogens with zero attached hydrogens (tertiary/aromatic N) is 2. The Morgan fingerprint density at radius 3 is 3.15 bits per heavy atom. The highest BCUT2D eigenvalue weighted by atomic mass is 32.2. The Labute approximate surface area is 78.4 Å². The lowest BCUT2D eigenvalue weighted by Gasteiger charge is -1.96. The highest BCUT2D eigenvalue weighted by molar-refractivity contribution is 7.98. The van der Waals surface area contributed by atoms with Gasteiger partial charge in [0.05, 0.1) is 5.39 Å². The number of aromatic nitrogens is 3. The molecule has 2 rings (SSSR count). The van der Waals surface area contributed by atoms with Crippen LogP contribution in [0.3, 0.4) is 0 Å². The first-order valence-corrected chi connectivity index (χ1v) is 4.92. The van der Waals surface area contributed by atoms with Gasteiger partial charge in [0, 0.05) is 18.5 Å². The van der Waals surface area contributed by atoms with E-state index >= 15 is 0 Å². The van der Waals surface area contributed by atoms with Crippen molar-refractivity contribution in [2.45, 2.75) is 5.16 Å². The van der Waals surface area contributed by atoms with E-state index in [4.69, 9.17) is 0 Å². The summed E-state index contributed by atoms with van der Waals surface area (Å²) >= 11 is 1.45. The van der Waals surface area contributed by atoms with E-state index in [-0.39, 0.29) is 5.43 Å². The van der Waals surface area contributed by atoms with Crippen LogP contribution in [-0.2, 0) is 0 Å². The van der Waals surface area contributed by atoms with Crippen LogP contribution in [0.2, 0.25) is 0 Å². The third-order valence-electron chi connectivity index (χ3n) is 1.67. The van der Waals surface area contributed by atoms with Gasteiger partial charge in [-0.15, -0.1) is 0 Å². The normalized spacial score (nSPS) is 10.5. The predicted molar refractivity (Wildman–Crippen MR) is 51.9 cm³/mol. The lowest BCUT2D eigenvalue weighted by molar-refractivity contribution is 0.990. The summed E-state index contributed by atoms with van der Waals surface area (Å²) in [5, 5.41) is 1.19. The van der Waals surface area contributed by atoms with Crippen molar-refractivity contribution in [2.24, 2.45) is 0 Å².